The fourth-order valence-corrected chi connectivity index (χ4v) is 1.76. The van der Waals surface area contributed by atoms with Gasteiger partial charge in [-0.3, -0.25) is 0 Å². The van der Waals surface area contributed by atoms with E-state index in [4.69, 9.17) is 28.9 Å². The van der Waals surface area contributed by atoms with Crippen molar-refractivity contribution in [1.82, 2.24) is 0 Å². The fourth-order valence-electron chi connectivity index (χ4n) is 1.23. The highest BCUT2D eigenvalue weighted by molar-refractivity contribution is 6.42. The van der Waals surface area contributed by atoms with E-state index in [0.717, 1.165) is 5.56 Å². The molecule has 1 unspecified atom stereocenters. The first kappa shape index (κ1) is 11.8. The molecule has 1 aromatic carbocycles. The Morgan fingerprint density at radius 1 is 1.43 bits per heavy atom. The summed E-state index contributed by atoms with van der Waals surface area (Å²) in [5.74, 6) is 0. The molecular weight excluding hydrogens is 221 g/mol. The zero-order valence-electron chi connectivity index (χ0n) is 7.93. The third-order valence-electron chi connectivity index (χ3n) is 2.40. The summed E-state index contributed by atoms with van der Waals surface area (Å²) in [6, 6.07) is 5.34. The smallest absolute Gasteiger partial charge is 0.0631 e. The van der Waals surface area contributed by atoms with Gasteiger partial charge in [-0.25, -0.2) is 0 Å². The Bertz CT molecular complexity index is 324. The van der Waals surface area contributed by atoms with E-state index in [1.54, 1.807) is 12.1 Å². The number of aliphatic hydroxyl groups excluding tert-OH is 1. The van der Waals surface area contributed by atoms with Gasteiger partial charge in [-0.1, -0.05) is 42.3 Å². The van der Waals surface area contributed by atoms with Gasteiger partial charge in [0.15, 0.2) is 0 Å². The minimum Gasteiger partial charge on any atom is -0.395 e. The number of aliphatic hydroxyl groups is 1. The van der Waals surface area contributed by atoms with Crippen LogP contribution in [0, 0.1) is 0 Å². The van der Waals surface area contributed by atoms with E-state index in [1.165, 1.54) is 0 Å². The molecular formula is C10H13Cl2NO. The van der Waals surface area contributed by atoms with Gasteiger partial charge in [0.05, 0.1) is 16.7 Å². The average Bonchev–Trinajstić information content (AvgIpc) is 2.21. The molecule has 1 aromatic rings. The van der Waals surface area contributed by atoms with Gasteiger partial charge in [0.25, 0.3) is 0 Å². The first-order chi connectivity index (χ1) is 6.55. The molecule has 0 saturated carbocycles. The summed E-state index contributed by atoms with van der Waals surface area (Å²) < 4.78 is 0. The lowest BCUT2D eigenvalue weighted by atomic mass is 9.83. The largest absolute Gasteiger partial charge is 0.395 e. The Balaban J connectivity index is 3.24. The molecule has 4 heteroatoms. The van der Waals surface area contributed by atoms with E-state index in [9.17, 15) is 5.11 Å². The molecule has 0 fully saturated rings. The molecule has 3 N–H and O–H groups in total. The molecule has 0 saturated heterocycles. The molecule has 0 bridgehead atoms. The second-order valence-electron chi connectivity index (χ2n) is 3.52. The van der Waals surface area contributed by atoms with Crippen LogP contribution in [0.5, 0.6) is 0 Å². The molecule has 1 rings (SSSR count). The van der Waals surface area contributed by atoms with Gasteiger partial charge >= 0.3 is 0 Å². The van der Waals surface area contributed by atoms with Crippen molar-refractivity contribution < 1.29 is 5.11 Å². The second kappa shape index (κ2) is 4.49. The molecule has 0 aromatic heterocycles. The van der Waals surface area contributed by atoms with E-state index in [2.05, 4.69) is 0 Å². The number of hydrogen-bond donors (Lipinski definition) is 2. The van der Waals surface area contributed by atoms with Crippen LogP contribution in [-0.4, -0.2) is 18.3 Å². The van der Waals surface area contributed by atoms with Crippen LogP contribution in [0.2, 0.25) is 10.0 Å². The van der Waals surface area contributed by atoms with E-state index in [-0.39, 0.29) is 6.61 Å². The number of rotatable bonds is 3. The molecule has 0 amide bonds. The Kier molecular flexibility index (Phi) is 3.78. The zero-order chi connectivity index (χ0) is 10.8. The zero-order valence-corrected chi connectivity index (χ0v) is 9.44. The molecule has 1 atom stereocenters. The van der Waals surface area contributed by atoms with Crippen molar-refractivity contribution in [2.75, 3.05) is 13.2 Å². The maximum Gasteiger partial charge on any atom is 0.0631 e. The highest BCUT2D eigenvalue weighted by Crippen LogP contribution is 2.33. The lowest BCUT2D eigenvalue weighted by Gasteiger charge is -2.27. The summed E-state index contributed by atoms with van der Waals surface area (Å²) in [6.07, 6.45) is 0. The van der Waals surface area contributed by atoms with E-state index >= 15 is 0 Å². The van der Waals surface area contributed by atoms with Crippen LogP contribution in [0.1, 0.15) is 12.5 Å². The molecule has 0 heterocycles. The van der Waals surface area contributed by atoms with Crippen molar-refractivity contribution in [2.24, 2.45) is 5.73 Å². The first-order valence-corrected chi connectivity index (χ1v) is 5.06. The summed E-state index contributed by atoms with van der Waals surface area (Å²) in [5.41, 5.74) is 5.87. The van der Waals surface area contributed by atoms with Gasteiger partial charge in [0, 0.05) is 12.0 Å². The highest BCUT2D eigenvalue weighted by atomic mass is 35.5. The minimum absolute atomic E-state index is 0.0520. The van der Waals surface area contributed by atoms with Gasteiger partial charge in [0.2, 0.25) is 0 Å². The standard InChI is InChI=1S/C10H13Cl2NO/c1-10(5-13,6-14)7-3-2-4-8(11)9(7)12/h2-4,14H,5-6,13H2,1H3. The molecule has 0 aliphatic rings. The normalized spacial score (nSPS) is 15.2. The number of benzene rings is 1. The summed E-state index contributed by atoms with van der Waals surface area (Å²) in [7, 11) is 0. The summed E-state index contributed by atoms with van der Waals surface area (Å²) in [4.78, 5) is 0. The second-order valence-corrected chi connectivity index (χ2v) is 4.31. The molecule has 2 nitrogen and oxygen atoms in total. The van der Waals surface area contributed by atoms with Crippen molar-refractivity contribution in [3.8, 4) is 0 Å². The van der Waals surface area contributed by atoms with Crippen LogP contribution in [0.15, 0.2) is 18.2 Å². The van der Waals surface area contributed by atoms with Gasteiger partial charge in [0.1, 0.15) is 0 Å². The third kappa shape index (κ3) is 2.04. The topological polar surface area (TPSA) is 46.2 Å². The average molecular weight is 234 g/mol. The molecule has 0 radical (unpaired) electrons. The third-order valence-corrected chi connectivity index (χ3v) is 3.22. The number of halogens is 2. The molecule has 0 aliphatic carbocycles. The molecule has 0 spiro atoms. The van der Waals surface area contributed by atoms with Crippen molar-refractivity contribution in [2.45, 2.75) is 12.3 Å². The molecule has 14 heavy (non-hydrogen) atoms. The quantitative estimate of drug-likeness (QED) is 0.842. The predicted molar refractivity (Wildman–Crippen MR) is 60.0 cm³/mol. The lowest BCUT2D eigenvalue weighted by molar-refractivity contribution is 0.210. The minimum atomic E-state index is -0.526. The number of nitrogens with two attached hydrogens (primary N) is 1. The Morgan fingerprint density at radius 2 is 2.07 bits per heavy atom. The van der Waals surface area contributed by atoms with Gasteiger partial charge < -0.3 is 10.8 Å². The van der Waals surface area contributed by atoms with Crippen LogP contribution in [0.25, 0.3) is 0 Å². The van der Waals surface area contributed by atoms with Crippen LogP contribution in [-0.2, 0) is 5.41 Å². The maximum absolute atomic E-state index is 9.27. The van der Waals surface area contributed by atoms with E-state index < -0.39 is 5.41 Å². The fraction of sp³-hybridized carbons (Fsp3) is 0.400. The Morgan fingerprint density at radius 3 is 2.57 bits per heavy atom. The van der Waals surface area contributed by atoms with Crippen molar-refractivity contribution >= 4 is 23.2 Å². The SMILES string of the molecule is CC(CN)(CO)c1cccc(Cl)c1Cl. The number of hydrogen-bond acceptors (Lipinski definition) is 2. The Labute approximate surface area is 93.6 Å². The van der Waals surface area contributed by atoms with Gasteiger partial charge in [-0.2, -0.15) is 0 Å². The summed E-state index contributed by atoms with van der Waals surface area (Å²) in [6.45, 7) is 2.12. The van der Waals surface area contributed by atoms with Crippen molar-refractivity contribution in [1.29, 1.82) is 0 Å². The summed E-state index contributed by atoms with van der Waals surface area (Å²) >= 11 is 11.9. The van der Waals surface area contributed by atoms with Crippen molar-refractivity contribution in [3.05, 3.63) is 33.8 Å². The van der Waals surface area contributed by atoms with Gasteiger partial charge in [-0.15, -0.1) is 0 Å². The first-order valence-electron chi connectivity index (χ1n) is 4.30. The van der Waals surface area contributed by atoms with E-state index in [1.807, 2.05) is 13.0 Å². The predicted octanol–water partition coefficient (Wildman–Crippen LogP) is 2.20. The maximum atomic E-state index is 9.27. The van der Waals surface area contributed by atoms with E-state index in [0.29, 0.717) is 16.6 Å². The monoisotopic (exact) mass is 233 g/mol. The molecule has 0 aliphatic heterocycles. The van der Waals surface area contributed by atoms with Crippen molar-refractivity contribution in [3.63, 3.8) is 0 Å². The summed E-state index contributed by atoms with van der Waals surface area (Å²) in [5, 5.41) is 10.2. The Hall–Kier alpha value is -0.280. The van der Waals surface area contributed by atoms with Crippen LogP contribution >= 0.6 is 23.2 Å². The lowest BCUT2D eigenvalue weighted by Crippen LogP contribution is -2.35. The van der Waals surface area contributed by atoms with Gasteiger partial charge in [-0.05, 0) is 11.6 Å². The van der Waals surface area contributed by atoms with Crippen LogP contribution in [0.3, 0.4) is 0 Å². The highest BCUT2D eigenvalue weighted by Gasteiger charge is 2.27. The molecule has 78 valence electrons. The van der Waals surface area contributed by atoms with Crippen LogP contribution < -0.4 is 5.73 Å². The van der Waals surface area contributed by atoms with Crippen LogP contribution in [0.4, 0.5) is 0 Å².